The zero-order valence-electron chi connectivity index (χ0n) is 12.6. The van der Waals surface area contributed by atoms with Crippen LogP contribution in [0, 0.1) is 5.92 Å². The second-order valence-electron chi connectivity index (χ2n) is 5.68. The zero-order chi connectivity index (χ0) is 14.7. The number of rotatable bonds is 3. The third-order valence-electron chi connectivity index (χ3n) is 4.10. The molecule has 1 aromatic carbocycles. The first kappa shape index (κ1) is 14.9. The second kappa shape index (κ2) is 6.27. The van der Waals surface area contributed by atoms with Crippen molar-refractivity contribution < 1.29 is 14.3 Å². The molecule has 1 aromatic rings. The highest BCUT2D eigenvalue weighted by molar-refractivity contribution is 5.90. The number of hydrogen-bond donors (Lipinski definition) is 0. The van der Waals surface area contributed by atoms with Crippen molar-refractivity contribution in [2.75, 3.05) is 20.7 Å². The molecule has 0 amide bonds. The number of piperidine rings is 1. The highest BCUT2D eigenvalue weighted by atomic mass is 16.5. The predicted molar refractivity (Wildman–Crippen MR) is 78.1 cm³/mol. The Labute approximate surface area is 120 Å². The lowest BCUT2D eigenvalue weighted by molar-refractivity contribution is -0.0196. The Kier molecular flexibility index (Phi) is 4.65. The average Bonchev–Trinajstić information content (AvgIpc) is 2.44. The van der Waals surface area contributed by atoms with E-state index in [1.807, 2.05) is 6.07 Å². The molecule has 0 aromatic heterocycles. The second-order valence-corrected chi connectivity index (χ2v) is 5.68. The van der Waals surface area contributed by atoms with E-state index in [0.29, 0.717) is 23.3 Å². The third kappa shape index (κ3) is 3.31. The van der Waals surface area contributed by atoms with E-state index in [9.17, 15) is 4.79 Å². The van der Waals surface area contributed by atoms with E-state index < -0.39 is 0 Å². The van der Waals surface area contributed by atoms with Gasteiger partial charge >= 0.3 is 5.97 Å². The Bertz CT molecular complexity index is 475. The van der Waals surface area contributed by atoms with Crippen molar-refractivity contribution in [3.63, 3.8) is 0 Å². The van der Waals surface area contributed by atoms with Crippen molar-refractivity contribution in [2.45, 2.75) is 32.4 Å². The van der Waals surface area contributed by atoms with Gasteiger partial charge in [-0.05, 0) is 38.6 Å². The van der Waals surface area contributed by atoms with Gasteiger partial charge in [-0.25, -0.2) is 4.79 Å². The lowest BCUT2D eigenvalue weighted by Crippen LogP contribution is -2.46. The molecule has 1 heterocycles. The monoisotopic (exact) mass is 277 g/mol. The summed E-state index contributed by atoms with van der Waals surface area (Å²) in [7, 11) is 3.70. The van der Waals surface area contributed by atoms with Crippen LogP contribution in [0.5, 0.6) is 5.75 Å². The maximum Gasteiger partial charge on any atom is 0.338 e. The summed E-state index contributed by atoms with van der Waals surface area (Å²) in [6.07, 6.45) is 0.868. The topological polar surface area (TPSA) is 38.8 Å². The summed E-state index contributed by atoms with van der Waals surface area (Å²) >= 11 is 0. The molecule has 0 N–H and O–H groups in total. The van der Waals surface area contributed by atoms with Crippen LogP contribution in [0.2, 0.25) is 0 Å². The summed E-state index contributed by atoms with van der Waals surface area (Å²) in [5, 5.41) is 0. The van der Waals surface area contributed by atoms with Crippen molar-refractivity contribution in [1.29, 1.82) is 0 Å². The highest BCUT2D eigenvalue weighted by Crippen LogP contribution is 2.25. The van der Waals surface area contributed by atoms with Gasteiger partial charge in [0.15, 0.2) is 0 Å². The third-order valence-corrected chi connectivity index (χ3v) is 4.10. The first-order chi connectivity index (χ1) is 9.51. The van der Waals surface area contributed by atoms with Gasteiger partial charge in [-0.2, -0.15) is 0 Å². The number of carbonyl (C=O) groups is 1. The van der Waals surface area contributed by atoms with E-state index in [-0.39, 0.29) is 12.1 Å². The van der Waals surface area contributed by atoms with E-state index in [4.69, 9.17) is 9.47 Å². The molecule has 0 aliphatic carbocycles. The van der Waals surface area contributed by atoms with Crippen LogP contribution in [0.4, 0.5) is 0 Å². The normalized spacial score (nSPS) is 27.1. The average molecular weight is 277 g/mol. The predicted octanol–water partition coefficient (Wildman–Crippen LogP) is 2.58. The number of nitrogens with zero attached hydrogens (tertiary/aromatic N) is 1. The molecule has 1 aliphatic heterocycles. The molecule has 0 saturated carbocycles. The van der Waals surface area contributed by atoms with Crippen LogP contribution in [0.15, 0.2) is 24.3 Å². The number of likely N-dealkylation sites (tertiary alicyclic amines) is 1. The molecule has 0 spiro atoms. The van der Waals surface area contributed by atoms with Gasteiger partial charge in [-0.15, -0.1) is 0 Å². The lowest BCUT2D eigenvalue weighted by Gasteiger charge is -2.39. The van der Waals surface area contributed by atoms with Gasteiger partial charge in [0.05, 0.1) is 12.7 Å². The minimum absolute atomic E-state index is 0.0140. The van der Waals surface area contributed by atoms with Crippen LogP contribution in [0.25, 0.3) is 0 Å². The van der Waals surface area contributed by atoms with Crippen molar-refractivity contribution >= 4 is 5.97 Å². The van der Waals surface area contributed by atoms with E-state index >= 15 is 0 Å². The molecular weight excluding hydrogens is 254 g/mol. The van der Waals surface area contributed by atoms with Gasteiger partial charge in [-0.1, -0.05) is 13.0 Å². The molecule has 1 saturated heterocycles. The molecule has 0 unspecified atom stereocenters. The van der Waals surface area contributed by atoms with Gasteiger partial charge in [-0.3, -0.25) is 0 Å². The fraction of sp³-hybridized carbons (Fsp3) is 0.562. The number of methoxy groups -OCH3 is 1. The summed E-state index contributed by atoms with van der Waals surface area (Å²) in [4.78, 5) is 14.5. The summed E-state index contributed by atoms with van der Waals surface area (Å²) < 4.78 is 10.8. The minimum atomic E-state index is -0.266. The van der Waals surface area contributed by atoms with Gasteiger partial charge in [0.25, 0.3) is 0 Å². The molecule has 1 fully saturated rings. The first-order valence-electron chi connectivity index (χ1n) is 7.06. The van der Waals surface area contributed by atoms with Crippen molar-refractivity contribution in [1.82, 2.24) is 4.90 Å². The Morgan fingerprint density at radius 2 is 2.10 bits per heavy atom. The van der Waals surface area contributed by atoms with E-state index in [2.05, 4.69) is 25.8 Å². The van der Waals surface area contributed by atoms with Crippen LogP contribution in [0.3, 0.4) is 0 Å². The highest BCUT2D eigenvalue weighted by Gasteiger charge is 2.31. The quantitative estimate of drug-likeness (QED) is 0.796. The maximum atomic E-state index is 12.2. The maximum absolute atomic E-state index is 12.2. The molecule has 1 aliphatic rings. The molecule has 3 atom stereocenters. The van der Waals surface area contributed by atoms with E-state index in [0.717, 1.165) is 13.0 Å². The van der Waals surface area contributed by atoms with Crippen LogP contribution >= 0.6 is 0 Å². The fourth-order valence-corrected chi connectivity index (χ4v) is 2.62. The Morgan fingerprint density at radius 1 is 1.35 bits per heavy atom. The lowest BCUT2D eigenvalue weighted by atomic mass is 9.92. The summed E-state index contributed by atoms with van der Waals surface area (Å²) in [6, 6.07) is 7.53. The van der Waals surface area contributed by atoms with E-state index in [1.54, 1.807) is 25.3 Å². The Hall–Kier alpha value is -1.55. The zero-order valence-corrected chi connectivity index (χ0v) is 12.6. The number of esters is 1. The largest absolute Gasteiger partial charge is 0.497 e. The number of ether oxygens (including phenoxy) is 2. The standard InChI is InChI=1S/C16H23NO3/c1-11-10-17(3)12(2)8-15(11)20-16(18)13-6-5-7-14(9-13)19-4/h5-7,9,11-12,15H,8,10H2,1-4H3/t11-,12-,15+/m0/s1. The fourth-order valence-electron chi connectivity index (χ4n) is 2.62. The van der Waals surface area contributed by atoms with Crippen molar-refractivity contribution in [3.05, 3.63) is 29.8 Å². The number of carbonyl (C=O) groups excluding carboxylic acids is 1. The van der Waals surface area contributed by atoms with Crippen LogP contribution in [-0.2, 0) is 4.74 Å². The van der Waals surface area contributed by atoms with Gasteiger partial charge in [0.1, 0.15) is 11.9 Å². The minimum Gasteiger partial charge on any atom is -0.497 e. The molecule has 4 nitrogen and oxygen atoms in total. The first-order valence-corrected chi connectivity index (χ1v) is 7.06. The SMILES string of the molecule is COc1cccc(C(=O)O[C@@H]2C[C@H](C)N(C)C[C@@H]2C)c1. The molecule has 0 bridgehead atoms. The molecule has 110 valence electrons. The summed E-state index contributed by atoms with van der Waals surface area (Å²) in [5.74, 6) is 0.757. The molecule has 0 radical (unpaired) electrons. The molecule has 4 heteroatoms. The van der Waals surface area contributed by atoms with Gasteiger partial charge in [0, 0.05) is 18.5 Å². The Morgan fingerprint density at radius 3 is 2.80 bits per heavy atom. The molecular formula is C16H23NO3. The smallest absolute Gasteiger partial charge is 0.338 e. The molecule has 20 heavy (non-hydrogen) atoms. The van der Waals surface area contributed by atoms with E-state index in [1.165, 1.54) is 0 Å². The summed E-state index contributed by atoms with van der Waals surface area (Å²) in [5.41, 5.74) is 0.545. The van der Waals surface area contributed by atoms with Crippen LogP contribution < -0.4 is 4.74 Å². The van der Waals surface area contributed by atoms with Crippen molar-refractivity contribution in [2.24, 2.45) is 5.92 Å². The van der Waals surface area contributed by atoms with Crippen molar-refractivity contribution in [3.8, 4) is 5.75 Å². The number of hydrogen-bond acceptors (Lipinski definition) is 4. The number of benzene rings is 1. The van der Waals surface area contributed by atoms with Gasteiger partial charge in [0.2, 0.25) is 0 Å². The van der Waals surface area contributed by atoms with Crippen LogP contribution in [-0.4, -0.2) is 43.7 Å². The summed E-state index contributed by atoms with van der Waals surface area (Å²) in [6.45, 7) is 5.25. The Balaban J connectivity index is 2.03. The molecule has 2 rings (SSSR count). The van der Waals surface area contributed by atoms with Gasteiger partial charge < -0.3 is 14.4 Å². The van der Waals surface area contributed by atoms with Crippen LogP contribution in [0.1, 0.15) is 30.6 Å².